The Bertz CT molecular complexity index is 125. The number of nitrogens with zero attached hydrogens (tertiary/aromatic N) is 2. The van der Waals surface area contributed by atoms with E-state index in [1.165, 1.54) is 58.5 Å². The third-order valence-corrected chi connectivity index (χ3v) is 2.96. The van der Waals surface area contributed by atoms with Crippen LogP contribution in [0.25, 0.3) is 0 Å². The van der Waals surface area contributed by atoms with Crippen LogP contribution >= 0.6 is 0 Å². The van der Waals surface area contributed by atoms with Gasteiger partial charge in [0.15, 0.2) is 0 Å². The van der Waals surface area contributed by atoms with Crippen molar-refractivity contribution in [3.05, 3.63) is 0 Å². The summed E-state index contributed by atoms with van der Waals surface area (Å²) in [6.45, 7) is 12.3. The molecule has 0 aliphatic carbocycles. The molecule has 2 heteroatoms. The average molecular weight is 184 g/mol. The van der Waals surface area contributed by atoms with Gasteiger partial charge in [0.2, 0.25) is 0 Å². The zero-order valence-electron chi connectivity index (χ0n) is 9.26. The maximum absolute atomic E-state index is 2.62. The van der Waals surface area contributed by atoms with Gasteiger partial charge in [0, 0.05) is 13.1 Å². The smallest absolute Gasteiger partial charge is 0.0109 e. The summed E-state index contributed by atoms with van der Waals surface area (Å²) in [7, 11) is 0. The van der Waals surface area contributed by atoms with Crippen LogP contribution in [-0.4, -0.2) is 49.1 Å². The van der Waals surface area contributed by atoms with Crippen molar-refractivity contribution >= 4 is 0 Å². The normalized spacial score (nSPS) is 21.7. The summed E-state index contributed by atoms with van der Waals surface area (Å²) in [5.74, 6) is 0. The number of likely N-dealkylation sites (N-methyl/N-ethyl adjacent to an activating group) is 1. The van der Waals surface area contributed by atoms with Gasteiger partial charge in [-0.2, -0.15) is 0 Å². The molecule has 1 aliphatic rings. The molecule has 0 aromatic carbocycles. The Morgan fingerprint density at radius 1 is 0.923 bits per heavy atom. The van der Waals surface area contributed by atoms with Crippen LogP contribution in [0.5, 0.6) is 0 Å². The Hall–Kier alpha value is -0.0800. The van der Waals surface area contributed by atoms with Gasteiger partial charge in [0.05, 0.1) is 0 Å². The highest BCUT2D eigenvalue weighted by Gasteiger charge is 2.12. The highest BCUT2D eigenvalue weighted by molar-refractivity contribution is 4.68. The standard InChI is InChI=1S/C11H24N2/c1-3-5-7-13-9-6-8-12(4-2)10-11-13/h3-11H2,1-2H3. The van der Waals surface area contributed by atoms with Gasteiger partial charge in [-0.3, -0.25) is 0 Å². The minimum absolute atomic E-state index is 1.22. The molecule has 13 heavy (non-hydrogen) atoms. The zero-order chi connectivity index (χ0) is 9.52. The Balaban J connectivity index is 2.19. The van der Waals surface area contributed by atoms with E-state index in [1.54, 1.807) is 0 Å². The van der Waals surface area contributed by atoms with Gasteiger partial charge in [-0.05, 0) is 39.0 Å². The third-order valence-electron chi connectivity index (χ3n) is 2.96. The second-order valence-corrected chi connectivity index (χ2v) is 3.98. The van der Waals surface area contributed by atoms with Crippen LogP contribution in [0.15, 0.2) is 0 Å². The van der Waals surface area contributed by atoms with Crippen LogP contribution < -0.4 is 0 Å². The highest BCUT2D eigenvalue weighted by atomic mass is 15.2. The maximum atomic E-state index is 2.62. The summed E-state index contributed by atoms with van der Waals surface area (Å²) in [5.41, 5.74) is 0. The lowest BCUT2D eigenvalue weighted by molar-refractivity contribution is 0.260. The third kappa shape index (κ3) is 4.10. The van der Waals surface area contributed by atoms with Crippen molar-refractivity contribution in [1.82, 2.24) is 9.80 Å². The predicted octanol–water partition coefficient (Wildman–Crippen LogP) is 1.81. The lowest BCUT2D eigenvalue weighted by Crippen LogP contribution is -2.31. The summed E-state index contributed by atoms with van der Waals surface area (Å²) in [6, 6.07) is 0. The number of hydrogen-bond donors (Lipinski definition) is 0. The van der Waals surface area contributed by atoms with E-state index in [-0.39, 0.29) is 0 Å². The topological polar surface area (TPSA) is 6.48 Å². The molecule has 0 bridgehead atoms. The van der Waals surface area contributed by atoms with Crippen molar-refractivity contribution in [2.45, 2.75) is 33.1 Å². The summed E-state index contributed by atoms with van der Waals surface area (Å²) >= 11 is 0. The van der Waals surface area contributed by atoms with Gasteiger partial charge >= 0.3 is 0 Å². The molecule has 2 nitrogen and oxygen atoms in total. The molecule has 1 fully saturated rings. The van der Waals surface area contributed by atoms with Gasteiger partial charge in [0.1, 0.15) is 0 Å². The first-order valence-corrected chi connectivity index (χ1v) is 5.81. The van der Waals surface area contributed by atoms with Gasteiger partial charge < -0.3 is 9.80 Å². The maximum Gasteiger partial charge on any atom is 0.0109 e. The van der Waals surface area contributed by atoms with Crippen molar-refractivity contribution in [2.24, 2.45) is 0 Å². The summed E-state index contributed by atoms with van der Waals surface area (Å²) < 4.78 is 0. The average Bonchev–Trinajstić information content (AvgIpc) is 2.39. The van der Waals surface area contributed by atoms with Crippen LogP contribution in [0.3, 0.4) is 0 Å². The Morgan fingerprint density at radius 3 is 2.31 bits per heavy atom. The zero-order valence-corrected chi connectivity index (χ0v) is 9.26. The molecule has 1 aliphatic heterocycles. The van der Waals surface area contributed by atoms with E-state index in [4.69, 9.17) is 0 Å². The Morgan fingerprint density at radius 2 is 1.62 bits per heavy atom. The highest BCUT2D eigenvalue weighted by Crippen LogP contribution is 2.03. The van der Waals surface area contributed by atoms with E-state index < -0.39 is 0 Å². The van der Waals surface area contributed by atoms with Crippen molar-refractivity contribution in [2.75, 3.05) is 39.3 Å². The van der Waals surface area contributed by atoms with E-state index in [0.717, 1.165) is 0 Å². The summed E-state index contributed by atoms with van der Waals surface area (Å²) in [5, 5.41) is 0. The van der Waals surface area contributed by atoms with E-state index in [9.17, 15) is 0 Å². The Labute approximate surface area is 82.9 Å². The van der Waals surface area contributed by atoms with Crippen molar-refractivity contribution < 1.29 is 0 Å². The summed E-state index contributed by atoms with van der Waals surface area (Å²) in [6.07, 6.45) is 4.05. The van der Waals surface area contributed by atoms with Crippen LogP contribution in [0.1, 0.15) is 33.1 Å². The first-order valence-electron chi connectivity index (χ1n) is 5.81. The lowest BCUT2D eigenvalue weighted by atomic mass is 10.3. The minimum atomic E-state index is 1.22. The molecule has 1 rings (SSSR count). The van der Waals surface area contributed by atoms with E-state index in [0.29, 0.717) is 0 Å². The first kappa shape index (κ1) is 11.0. The molecular formula is C11H24N2. The molecule has 0 unspecified atom stereocenters. The second-order valence-electron chi connectivity index (χ2n) is 3.98. The van der Waals surface area contributed by atoms with Crippen molar-refractivity contribution in [3.63, 3.8) is 0 Å². The molecule has 0 atom stereocenters. The molecular weight excluding hydrogens is 160 g/mol. The minimum Gasteiger partial charge on any atom is -0.302 e. The van der Waals surface area contributed by atoms with E-state index in [2.05, 4.69) is 23.6 Å². The SMILES string of the molecule is CCCCN1CCCN(CC)CC1. The molecule has 0 spiro atoms. The van der Waals surface area contributed by atoms with Crippen LogP contribution in [0.4, 0.5) is 0 Å². The van der Waals surface area contributed by atoms with Crippen molar-refractivity contribution in [3.8, 4) is 0 Å². The lowest BCUT2D eigenvalue weighted by Gasteiger charge is -2.20. The molecule has 0 N–H and O–H groups in total. The summed E-state index contributed by atoms with van der Waals surface area (Å²) in [4.78, 5) is 5.19. The largest absolute Gasteiger partial charge is 0.302 e. The molecule has 0 aromatic heterocycles. The van der Waals surface area contributed by atoms with Gasteiger partial charge in [-0.1, -0.05) is 20.3 Å². The molecule has 0 amide bonds. The van der Waals surface area contributed by atoms with E-state index in [1.807, 2.05) is 0 Å². The Kier molecular flexibility index (Phi) is 5.40. The van der Waals surface area contributed by atoms with Crippen LogP contribution in [0, 0.1) is 0 Å². The van der Waals surface area contributed by atoms with Crippen LogP contribution in [0.2, 0.25) is 0 Å². The molecule has 1 heterocycles. The van der Waals surface area contributed by atoms with Gasteiger partial charge in [0.25, 0.3) is 0 Å². The molecule has 1 saturated heterocycles. The quantitative estimate of drug-likeness (QED) is 0.657. The molecule has 0 aromatic rings. The molecule has 0 saturated carbocycles. The number of hydrogen-bond acceptors (Lipinski definition) is 2. The fourth-order valence-corrected chi connectivity index (χ4v) is 1.95. The number of rotatable bonds is 4. The molecule has 78 valence electrons. The van der Waals surface area contributed by atoms with Gasteiger partial charge in [-0.15, -0.1) is 0 Å². The van der Waals surface area contributed by atoms with Crippen molar-refractivity contribution in [1.29, 1.82) is 0 Å². The van der Waals surface area contributed by atoms with Gasteiger partial charge in [-0.25, -0.2) is 0 Å². The second kappa shape index (κ2) is 6.39. The predicted molar refractivity (Wildman–Crippen MR) is 58.1 cm³/mol. The van der Waals surface area contributed by atoms with Crippen LogP contribution in [-0.2, 0) is 0 Å². The fraction of sp³-hybridized carbons (Fsp3) is 1.00. The molecule has 0 radical (unpaired) electrons. The van der Waals surface area contributed by atoms with E-state index >= 15 is 0 Å². The number of unbranched alkanes of at least 4 members (excludes halogenated alkanes) is 1. The first-order chi connectivity index (χ1) is 6.36. The fourth-order valence-electron chi connectivity index (χ4n) is 1.95. The monoisotopic (exact) mass is 184 g/mol.